The largest absolute Gasteiger partial charge is 0.449 e. The minimum atomic E-state index is -3.40. The maximum atomic E-state index is 15.0. The molecule has 0 heterocycles. The van der Waals surface area contributed by atoms with Crippen LogP contribution in [0.1, 0.15) is 34.0 Å². The van der Waals surface area contributed by atoms with Crippen LogP contribution in [-0.2, 0) is 19.8 Å². The molecule has 0 radical (unpaired) electrons. The topological polar surface area (TPSA) is 44.8 Å². The van der Waals surface area contributed by atoms with Crippen molar-refractivity contribution in [3.8, 4) is 0 Å². The standard InChI is InChI=1S/C32H29F2IO4/c1-31(33,34)29(39-30(36)24-14-6-2-7-15-24)28(37-23-35)22-38-32(25-16-8-3-9-17-25,26-18-10-4-11-19-26)27-20-12-5-13-21-27/h2-21,28-29H,22-23H2,1H3/t28-,29?/m1/s1. The van der Waals surface area contributed by atoms with E-state index in [-0.39, 0.29) is 16.8 Å². The van der Waals surface area contributed by atoms with Crippen LogP contribution in [0.25, 0.3) is 0 Å². The highest BCUT2D eigenvalue weighted by molar-refractivity contribution is 14.1. The fourth-order valence-electron chi connectivity index (χ4n) is 4.54. The second-order valence-corrected chi connectivity index (χ2v) is 9.68. The summed E-state index contributed by atoms with van der Waals surface area (Å²) < 4.78 is 48.0. The molecule has 0 saturated carbocycles. The zero-order valence-electron chi connectivity index (χ0n) is 21.4. The van der Waals surface area contributed by atoms with Gasteiger partial charge in [-0.2, -0.15) is 0 Å². The zero-order valence-corrected chi connectivity index (χ0v) is 23.5. The Bertz CT molecular complexity index is 1200. The molecular formula is C32H29F2IO4. The number of hydrogen-bond donors (Lipinski definition) is 0. The Morgan fingerprint density at radius 1 is 0.744 bits per heavy atom. The van der Waals surface area contributed by atoms with Gasteiger partial charge >= 0.3 is 5.97 Å². The molecule has 7 heteroatoms. The number of carbonyl (C=O) groups is 1. The quantitative estimate of drug-likeness (QED) is 0.0690. The van der Waals surface area contributed by atoms with Crippen LogP contribution in [0.15, 0.2) is 121 Å². The summed E-state index contributed by atoms with van der Waals surface area (Å²) in [5.41, 5.74) is 1.48. The van der Waals surface area contributed by atoms with Crippen LogP contribution < -0.4 is 0 Å². The second kappa shape index (κ2) is 13.3. The number of alkyl halides is 3. The van der Waals surface area contributed by atoms with E-state index in [4.69, 9.17) is 14.2 Å². The van der Waals surface area contributed by atoms with Gasteiger partial charge in [0.1, 0.15) is 11.7 Å². The van der Waals surface area contributed by atoms with Crippen molar-refractivity contribution in [1.29, 1.82) is 0 Å². The third kappa shape index (κ3) is 6.90. The molecule has 0 spiro atoms. The van der Waals surface area contributed by atoms with Crippen molar-refractivity contribution in [2.24, 2.45) is 0 Å². The molecule has 2 atom stereocenters. The van der Waals surface area contributed by atoms with Crippen molar-refractivity contribution in [1.82, 2.24) is 0 Å². The number of carbonyl (C=O) groups excluding carboxylic acids is 1. The lowest BCUT2D eigenvalue weighted by molar-refractivity contribution is -0.174. The minimum Gasteiger partial charge on any atom is -0.449 e. The van der Waals surface area contributed by atoms with E-state index in [1.165, 1.54) is 12.1 Å². The molecular weight excluding hydrogens is 613 g/mol. The number of ether oxygens (including phenoxy) is 3. The molecule has 1 unspecified atom stereocenters. The van der Waals surface area contributed by atoms with Gasteiger partial charge in [-0.25, -0.2) is 13.6 Å². The normalized spacial score (nSPS) is 13.4. The molecule has 4 aromatic rings. The van der Waals surface area contributed by atoms with Crippen LogP contribution in [0.4, 0.5) is 8.78 Å². The van der Waals surface area contributed by atoms with Crippen molar-refractivity contribution >= 4 is 28.6 Å². The SMILES string of the molecule is CC(F)(F)C(OC(=O)c1ccccc1)[C@@H](COC(c1ccccc1)(c1ccccc1)c1ccccc1)OCI. The summed E-state index contributed by atoms with van der Waals surface area (Å²) in [6, 6.07) is 36.8. The van der Waals surface area contributed by atoms with Crippen LogP contribution in [-0.4, -0.2) is 35.3 Å². The van der Waals surface area contributed by atoms with E-state index in [9.17, 15) is 4.79 Å². The molecule has 0 amide bonds. The molecule has 0 aliphatic carbocycles. The summed E-state index contributed by atoms with van der Waals surface area (Å²) in [6.45, 7) is 0.441. The highest BCUT2D eigenvalue weighted by Crippen LogP contribution is 2.41. The molecule has 4 aromatic carbocycles. The number of hydrogen-bond acceptors (Lipinski definition) is 4. The summed E-state index contributed by atoms with van der Waals surface area (Å²) >= 11 is 1.94. The first-order valence-electron chi connectivity index (χ1n) is 12.5. The Morgan fingerprint density at radius 3 is 1.54 bits per heavy atom. The van der Waals surface area contributed by atoms with Gasteiger partial charge in [-0.3, -0.25) is 0 Å². The van der Waals surface area contributed by atoms with Gasteiger partial charge in [0, 0.05) is 6.92 Å². The highest BCUT2D eigenvalue weighted by Gasteiger charge is 2.46. The van der Waals surface area contributed by atoms with E-state index >= 15 is 8.78 Å². The summed E-state index contributed by atoms with van der Waals surface area (Å²) in [7, 11) is 0. The summed E-state index contributed by atoms with van der Waals surface area (Å²) in [5.74, 6) is -4.26. The number of benzene rings is 4. The zero-order chi connectivity index (χ0) is 27.7. The average Bonchev–Trinajstić information content (AvgIpc) is 2.97. The molecule has 0 bridgehead atoms. The van der Waals surface area contributed by atoms with Crippen molar-refractivity contribution in [3.63, 3.8) is 0 Å². The van der Waals surface area contributed by atoms with Crippen molar-refractivity contribution in [3.05, 3.63) is 144 Å². The molecule has 0 N–H and O–H groups in total. The number of esters is 1. The predicted octanol–water partition coefficient (Wildman–Crippen LogP) is 7.65. The Labute approximate surface area is 241 Å². The van der Waals surface area contributed by atoms with Gasteiger partial charge < -0.3 is 14.2 Å². The van der Waals surface area contributed by atoms with Gasteiger partial charge in [0.05, 0.1) is 16.8 Å². The van der Waals surface area contributed by atoms with Crippen LogP contribution in [0.2, 0.25) is 0 Å². The fraction of sp³-hybridized carbons (Fsp3) is 0.219. The van der Waals surface area contributed by atoms with E-state index < -0.39 is 29.7 Å². The third-order valence-corrected chi connectivity index (χ3v) is 6.72. The molecule has 39 heavy (non-hydrogen) atoms. The summed E-state index contributed by atoms with van der Waals surface area (Å²) in [5, 5.41) is 0. The molecule has 4 nitrogen and oxygen atoms in total. The van der Waals surface area contributed by atoms with Crippen LogP contribution in [0.5, 0.6) is 0 Å². The van der Waals surface area contributed by atoms with E-state index in [2.05, 4.69) is 0 Å². The van der Waals surface area contributed by atoms with E-state index in [0.29, 0.717) is 0 Å². The Kier molecular flexibility index (Phi) is 9.83. The van der Waals surface area contributed by atoms with Crippen molar-refractivity contribution in [2.75, 3.05) is 11.2 Å². The van der Waals surface area contributed by atoms with E-state index in [1.54, 1.807) is 18.2 Å². The molecule has 202 valence electrons. The lowest BCUT2D eigenvalue weighted by atomic mass is 9.80. The maximum Gasteiger partial charge on any atom is 0.338 e. The number of halogens is 3. The molecule has 0 saturated heterocycles. The maximum absolute atomic E-state index is 15.0. The van der Waals surface area contributed by atoms with E-state index in [1.807, 2.05) is 114 Å². The van der Waals surface area contributed by atoms with Gasteiger partial charge in [0.15, 0.2) is 6.10 Å². The first kappa shape index (κ1) is 28.9. The average molecular weight is 642 g/mol. The Morgan fingerprint density at radius 2 is 1.15 bits per heavy atom. The molecule has 0 aliphatic rings. The molecule has 0 fully saturated rings. The first-order valence-corrected chi connectivity index (χ1v) is 14.0. The smallest absolute Gasteiger partial charge is 0.338 e. The van der Waals surface area contributed by atoms with Gasteiger partial charge in [0.25, 0.3) is 5.92 Å². The molecule has 0 aliphatic heterocycles. The van der Waals surface area contributed by atoms with Crippen molar-refractivity contribution in [2.45, 2.75) is 30.7 Å². The van der Waals surface area contributed by atoms with Gasteiger partial charge in [-0.1, -0.05) is 132 Å². The lowest BCUT2D eigenvalue weighted by Gasteiger charge is -2.38. The van der Waals surface area contributed by atoms with Gasteiger partial charge in [-0.05, 0) is 28.8 Å². The second-order valence-electron chi connectivity index (χ2n) is 9.05. The summed E-state index contributed by atoms with van der Waals surface area (Å²) in [6.07, 6.45) is -3.15. The molecule has 0 aromatic heterocycles. The molecule has 4 rings (SSSR count). The monoisotopic (exact) mass is 642 g/mol. The first-order chi connectivity index (χ1) is 18.9. The third-order valence-electron chi connectivity index (χ3n) is 6.36. The van der Waals surface area contributed by atoms with Gasteiger partial charge in [-0.15, -0.1) is 0 Å². The minimum absolute atomic E-state index is 0.0935. The highest BCUT2D eigenvalue weighted by atomic mass is 127. The lowest BCUT2D eigenvalue weighted by Crippen LogP contribution is -2.49. The van der Waals surface area contributed by atoms with Crippen LogP contribution >= 0.6 is 22.6 Å². The van der Waals surface area contributed by atoms with Crippen LogP contribution in [0.3, 0.4) is 0 Å². The number of rotatable bonds is 12. The van der Waals surface area contributed by atoms with Gasteiger partial charge in [0.2, 0.25) is 0 Å². The van der Waals surface area contributed by atoms with E-state index in [0.717, 1.165) is 23.6 Å². The van der Waals surface area contributed by atoms with Crippen molar-refractivity contribution < 1.29 is 27.8 Å². The Balaban J connectivity index is 1.76. The summed E-state index contributed by atoms with van der Waals surface area (Å²) in [4.78, 5) is 12.8. The Hall–Kier alpha value is -3.14. The predicted molar refractivity (Wildman–Crippen MR) is 155 cm³/mol. The fourth-order valence-corrected chi connectivity index (χ4v) is 5.00. The van der Waals surface area contributed by atoms with Crippen LogP contribution in [0, 0.1) is 0 Å².